The Hall–Kier alpha value is -2.64. The predicted molar refractivity (Wildman–Crippen MR) is 70.9 cm³/mol. The molecule has 2 aromatic rings. The Morgan fingerprint density at radius 2 is 2.05 bits per heavy atom. The van der Waals surface area contributed by atoms with Gasteiger partial charge in [0.1, 0.15) is 5.82 Å². The molecule has 0 unspecified atom stereocenters. The monoisotopic (exact) mass is 262 g/mol. The fourth-order valence-electron chi connectivity index (χ4n) is 1.57. The van der Waals surface area contributed by atoms with Gasteiger partial charge in [0.2, 0.25) is 5.95 Å². The molecule has 0 fully saturated rings. The quantitative estimate of drug-likeness (QED) is 0.599. The van der Waals surface area contributed by atoms with E-state index in [2.05, 4.69) is 25.3 Å². The number of anilines is 2. The summed E-state index contributed by atoms with van der Waals surface area (Å²) in [5, 5.41) is 3.00. The molecule has 0 saturated carbocycles. The molecule has 5 N–H and O–H groups in total. The molecule has 0 atom stereocenters. The van der Waals surface area contributed by atoms with Gasteiger partial charge in [-0.05, 0) is 13.8 Å². The molecule has 0 saturated heterocycles. The van der Waals surface area contributed by atoms with Gasteiger partial charge < -0.3 is 16.0 Å². The van der Waals surface area contributed by atoms with Gasteiger partial charge in [-0.1, -0.05) is 0 Å². The van der Waals surface area contributed by atoms with Crippen LogP contribution in [0.15, 0.2) is 15.8 Å². The number of nitrogen functional groups attached to an aromatic ring is 1. The second-order valence-electron chi connectivity index (χ2n) is 4.09. The van der Waals surface area contributed by atoms with Crippen LogP contribution in [0, 0.1) is 13.8 Å². The first-order chi connectivity index (χ1) is 8.97. The number of aromatic nitrogens is 4. The lowest BCUT2D eigenvalue weighted by atomic mass is 10.2. The molecule has 0 spiro atoms. The van der Waals surface area contributed by atoms with E-state index in [1.54, 1.807) is 0 Å². The van der Waals surface area contributed by atoms with Crippen molar-refractivity contribution in [1.82, 2.24) is 19.9 Å². The third kappa shape index (κ3) is 2.79. The number of rotatable bonds is 3. The van der Waals surface area contributed by atoms with Gasteiger partial charge in [0.15, 0.2) is 0 Å². The summed E-state index contributed by atoms with van der Waals surface area (Å²) in [6.45, 7) is 3.91. The Morgan fingerprint density at radius 1 is 1.32 bits per heavy atom. The largest absolute Gasteiger partial charge is 0.368 e. The van der Waals surface area contributed by atoms with E-state index in [4.69, 9.17) is 5.73 Å². The van der Waals surface area contributed by atoms with Crippen LogP contribution in [0.1, 0.15) is 16.8 Å². The molecule has 2 heterocycles. The van der Waals surface area contributed by atoms with E-state index < -0.39 is 11.2 Å². The fraction of sp³-hybridized carbons (Fsp3) is 0.273. The Morgan fingerprint density at radius 3 is 2.74 bits per heavy atom. The Kier molecular flexibility index (Phi) is 3.32. The van der Waals surface area contributed by atoms with Crippen LogP contribution in [0.4, 0.5) is 11.8 Å². The van der Waals surface area contributed by atoms with Crippen LogP contribution >= 0.6 is 0 Å². The van der Waals surface area contributed by atoms with Crippen molar-refractivity contribution in [3.8, 4) is 0 Å². The Balaban J connectivity index is 2.24. The van der Waals surface area contributed by atoms with Gasteiger partial charge in [0.05, 0.1) is 5.56 Å². The van der Waals surface area contributed by atoms with E-state index >= 15 is 0 Å². The summed E-state index contributed by atoms with van der Waals surface area (Å²) in [4.78, 5) is 35.0. The fourth-order valence-corrected chi connectivity index (χ4v) is 1.57. The Bertz CT molecular complexity index is 718. The van der Waals surface area contributed by atoms with Crippen LogP contribution in [0.3, 0.4) is 0 Å². The number of H-pyrrole nitrogens is 2. The number of aryl methyl sites for hydroxylation is 1. The van der Waals surface area contributed by atoms with Gasteiger partial charge in [0, 0.05) is 24.0 Å². The maximum absolute atomic E-state index is 11.5. The van der Waals surface area contributed by atoms with E-state index in [1.165, 1.54) is 6.20 Å². The second-order valence-corrected chi connectivity index (χ2v) is 4.09. The van der Waals surface area contributed by atoms with Crippen LogP contribution in [0.5, 0.6) is 0 Å². The summed E-state index contributed by atoms with van der Waals surface area (Å²) in [5.41, 5.74) is 6.62. The van der Waals surface area contributed by atoms with Crippen molar-refractivity contribution in [2.24, 2.45) is 0 Å². The first-order valence-electron chi connectivity index (χ1n) is 5.63. The number of nitrogens with one attached hydrogen (secondary N) is 3. The molecule has 8 heteroatoms. The maximum Gasteiger partial charge on any atom is 0.325 e. The predicted octanol–water partition coefficient (Wildman–Crippen LogP) is -0.336. The van der Waals surface area contributed by atoms with E-state index in [0.29, 0.717) is 11.4 Å². The molecular formula is C11H14N6O2. The Labute approximate surface area is 108 Å². The van der Waals surface area contributed by atoms with Crippen LogP contribution in [-0.2, 0) is 6.54 Å². The topological polar surface area (TPSA) is 130 Å². The van der Waals surface area contributed by atoms with Crippen molar-refractivity contribution in [1.29, 1.82) is 0 Å². The van der Waals surface area contributed by atoms with Gasteiger partial charge in [-0.15, -0.1) is 0 Å². The minimum absolute atomic E-state index is 0.168. The van der Waals surface area contributed by atoms with Crippen molar-refractivity contribution < 1.29 is 0 Å². The molecule has 0 aliphatic heterocycles. The van der Waals surface area contributed by atoms with Gasteiger partial charge in [-0.2, -0.15) is 4.98 Å². The zero-order valence-electron chi connectivity index (χ0n) is 10.6. The smallest absolute Gasteiger partial charge is 0.325 e. The summed E-state index contributed by atoms with van der Waals surface area (Å²) in [7, 11) is 0. The summed E-state index contributed by atoms with van der Waals surface area (Å²) in [6.07, 6.45) is 1.36. The lowest BCUT2D eigenvalue weighted by Gasteiger charge is -2.10. The van der Waals surface area contributed by atoms with Gasteiger partial charge in [-0.3, -0.25) is 9.78 Å². The molecule has 0 radical (unpaired) electrons. The summed E-state index contributed by atoms with van der Waals surface area (Å²) in [6, 6.07) is 0. The normalized spacial score (nSPS) is 10.4. The first kappa shape index (κ1) is 12.8. The summed E-state index contributed by atoms with van der Waals surface area (Å²) in [5.74, 6) is 0.733. The maximum atomic E-state index is 11.5. The van der Waals surface area contributed by atoms with Gasteiger partial charge in [0.25, 0.3) is 5.56 Å². The highest BCUT2D eigenvalue weighted by Crippen LogP contribution is 2.15. The average Bonchev–Trinajstić information content (AvgIpc) is 2.33. The number of nitrogens with two attached hydrogens (primary N) is 1. The summed E-state index contributed by atoms with van der Waals surface area (Å²) >= 11 is 0. The third-order valence-corrected chi connectivity index (χ3v) is 2.75. The summed E-state index contributed by atoms with van der Waals surface area (Å²) < 4.78 is 0. The van der Waals surface area contributed by atoms with Crippen molar-refractivity contribution in [3.05, 3.63) is 43.9 Å². The molecule has 19 heavy (non-hydrogen) atoms. The van der Waals surface area contributed by atoms with Crippen molar-refractivity contribution in [2.45, 2.75) is 20.4 Å². The number of hydrogen-bond acceptors (Lipinski definition) is 6. The highest BCUT2D eigenvalue weighted by Gasteiger charge is 2.07. The van der Waals surface area contributed by atoms with E-state index in [1.807, 2.05) is 13.8 Å². The van der Waals surface area contributed by atoms with Crippen LogP contribution in [0.25, 0.3) is 0 Å². The minimum Gasteiger partial charge on any atom is -0.368 e. The van der Waals surface area contributed by atoms with E-state index in [0.717, 1.165) is 11.3 Å². The van der Waals surface area contributed by atoms with Crippen LogP contribution < -0.4 is 22.3 Å². The molecule has 0 aliphatic carbocycles. The number of aromatic amines is 2. The molecule has 0 bridgehead atoms. The number of hydrogen-bond donors (Lipinski definition) is 4. The molecule has 2 aromatic heterocycles. The van der Waals surface area contributed by atoms with Crippen molar-refractivity contribution >= 4 is 11.8 Å². The SMILES string of the molecule is Cc1nc(N)nc(NCc2c[nH]c(=O)[nH]c2=O)c1C. The number of nitrogens with zero attached hydrogens (tertiary/aromatic N) is 2. The molecular weight excluding hydrogens is 248 g/mol. The average molecular weight is 262 g/mol. The van der Waals surface area contributed by atoms with Gasteiger partial charge in [-0.25, -0.2) is 9.78 Å². The minimum atomic E-state index is -0.535. The van der Waals surface area contributed by atoms with Crippen LogP contribution in [0.2, 0.25) is 0 Å². The lowest BCUT2D eigenvalue weighted by Crippen LogP contribution is -2.26. The third-order valence-electron chi connectivity index (χ3n) is 2.75. The molecule has 0 amide bonds. The highest BCUT2D eigenvalue weighted by atomic mass is 16.2. The first-order valence-corrected chi connectivity index (χ1v) is 5.63. The van der Waals surface area contributed by atoms with Crippen molar-refractivity contribution in [2.75, 3.05) is 11.1 Å². The van der Waals surface area contributed by atoms with E-state index in [9.17, 15) is 9.59 Å². The highest BCUT2D eigenvalue weighted by molar-refractivity contribution is 5.48. The van der Waals surface area contributed by atoms with E-state index in [-0.39, 0.29) is 12.5 Å². The zero-order valence-corrected chi connectivity index (χ0v) is 10.6. The molecule has 0 aromatic carbocycles. The zero-order chi connectivity index (χ0) is 14.0. The molecule has 2 rings (SSSR count). The van der Waals surface area contributed by atoms with Crippen LogP contribution in [-0.4, -0.2) is 19.9 Å². The lowest BCUT2D eigenvalue weighted by molar-refractivity contribution is 0.954. The standard InChI is InChI=1S/C11H14N6O2/c1-5-6(2)15-10(12)16-8(5)13-3-7-4-14-11(19)17-9(7)18/h4H,3H2,1-2H3,(H3,12,13,15,16)(H2,14,17,18,19). The molecule has 0 aliphatic rings. The van der Waals surface area contributed by atoms with Gasteiger partial charge >= 0.3 is 5.69 Å². The van der Waals surface area contributed by atoms with Crippen molar-refractivity contribution in [3.63, 3.8) is 0 Å². The molecule has 100 valence electrons. The second kappa shape index (κ2) is 4.92. The molecule has 8 nitrogen and oxygen atoms in total.